The fourth-order valence-electron chi connectivity index (χ4n) is 3.19. The fourth-order valence-corrected chi connectivity index (χ4v) is 3.19. The largest absolute Gasteiger partial charge is 0.497 e. The summed E-state index contributed by atoms with van der Waals surface area (Å²) in [6, 6.07) is 7.95. The van der Waals surface area contributed by atoms with Gasteiger partial charge < -0.3 is 19.6 Å². The lowest BCUT2D eigenvalue weighted by Gasteiger charge is -2.15. The summed E-state index contributed by atoms with van der Waals surface area (Å²) in [6.07, 6.45) is 4.25. The van der Waals surface area contributed by atoms with Crippen LogP contribution in [0.3, 0.4) is 0 Å². The van der Waals surface area contributed by atoms with Crippen molar-refractivity contribution >= 4 is 5.91 Å². The molecule has 0 radical (unpaired) electrons. The molecule has 1 aromatic carbocycles. The zero-order chi connectivity index (χ0) is 17.4. The molecular weight excluding hydrogens is 318 g/mol. The molecule has 0 saturated heterocycles. The second-order valence-corrected chi connectivity index (χ2v) is 6.16. The number of aromatic nitrogens is 4. The third kappa shape index (κ3) is 2.77. The summed E-state index contributed by atoms with van der Waals surface area (Å²) in [5, 5.41) is 2.97. The number of methoxy groups -OCH3 is 1. The first-order chi connectivity index (χ1) is 12.2. The van der Waals surface area contributed by atoms with Crippen LogP contribution in [0.1, 0.15) is 27.7 Å². The Morgan fingerprint density at radius 1 is 1.36 bits per heavy atom. The van der Waals surface area contributed by atoms with Crippen molar-refractivity contribution < 1.29 is 9.53 Å². The van der Waals surface area contributed by atoms with Crippen LogP contribution in [0.4, 0.5) is 0 Å². The van der Waals surface area contributed by atoms with Gasteiger partial charge in [-0.15, -0.1) is 0 Å². The number of hydrogen-bond acceptors (Lipinski definition) is 4. The molecule has 0 bridgehead atoms. The van der Waals surface area contributed by atoms with Crippen molar-refractivity contribution in [2.45, 2.75) is 12.3 Å². The highest BCUT2D eigenvalue weighted by Gasteiger charge is 2.27. The molecule has 1 amide bonds. The number of carbonyl (C=O) groups excluding carboxylic acids is 1. The van der Waals surface area contributed by atoms with E-state index in [-0.39, 0.29) is 11.8 Å². The number of imidazole rings is 2. The Morgan fingerprint density at radius 2 is 2.24 bits per heavy atom. The summed E-state index contributed by atoms with van der Waals surface area (Å²) in [6.45, 7) is 0.563. The summed E-state index contributed by atoms with van der Waals surface area (Å²) in [5.41, 5.74) is 2.41. The zero-order valence-corrected chi connectivity index (χ0v) is 14.1. The average Bonchev–Trinajstić information content (AvgIpc) is 3.20. The van der Waals surface area contributed by atoms with Gasteiger partial charge in [-0.3, -0.25) is 4.79 Å². The number of H-pyrrole nitrogens is 1. The molecule has 3 heterocycles. The van der Waals surface area contributed by atoms with Crippen LogP contribution < -0.4 is 10.1 Å². The van der Waals surface area contributed by atoms with Crippen molar-refractivity contribution in [2.24, 2.45) is 7.05 Å². The van der Waals surface area contributed by atoms with Gasteiger partial charge in [0.2, 0.25) is 0 Å². The maximum absolute atomic E-state index is 12.4. The Bertz CT molecular complexity index is 927. The van der Waals surface area contributed by atoms with E-state index in [2.05, 4.69) is 26.3 Å². The van der Waals surface area contributed by atoms with E-state index in [4.69, 9.17) is 4.74 Å². The molecule has 1 atom stereocenters. The predicted octanol–water partition coefficient (Wildman–Crippen LogP) is 1.89. The number of carbonyl (C=O) groups is 1. The van der Waals surface area contributed by atoms with Crippen LogP contribution in [-0.4, -0.2) is 39.1 Å². The molecule has 1 aliphatic heterocycles. The summed E-state index contributed by atoms with van der Waals surface area (Å²) < 4.78 is 7.19. The molecule has 7 heteroatoms. The van der Waals surface area contributed by atoms with Crippen LogP contribution in [0.5, 0.6) is 5.75 Å². The lowest BCUT2D eigenvalue weighted by molar-refractivity contribution is 0.0950. The lowest BCUT2D eigenvalue weighted by atomic mass is 9.94. The van der Waals surface area contributed by atoms with E-state index >= 15 is 0 Å². The monoisotopic (exact) mass is 337 g/mol. The van der Waals surface area contributed by atoms with E-state index in [0.717, 1.165) is 17.0 Å². The van der Waals surface area contributed by atoms with Gasteiger partial charge >= 0.3 is 0 Å². The van der Waals surface area contributed by atoms with E-state index in [0.29, 0.717) is 30.3 Å². The van der Waals surface area contributed by atoms with Gasteiger partial charge in [-0.2, -0.15) is 0 Å². The number of aryl methyl sites for hydroxylation is 1. The molecule has 25 heavy (non-hydrogen) atoms. The maximum atomic E-state index is 12.4. The second-order valence-electron chi connectivity index (χ2n) is 6.16. The minimum absolute atomic E-state index is 0.148. The molecule has 0 fully saturated rings. The van der Waals surface area contributed by atoms with Crippen molar-refractivity contribution in [2.75, 3.05) is 13.7 Å². The van der Waals surface area contributed by atoms with Crippen LogP contribution in [0.15, 0.2) is 36.7 Å². The third-order valence-corrected chi connectivity index (χ3v) is 4.55. The van der Waals surface area contributed by atoms with Crippen LogP contribution in [0.2, 0.25) is 0 Å². The Labute approximate surface area is 145 Å². The van der Waals surface area contributed by atoms with Gasteiger partial charge in [-0.05, 0) is 24.1 Å². The third-order valence-electron chi connectivity index (χ3n) is 4.55. The molecule has 1 aliphatic rings. The molecule has 2 N–H and O–H groups in total. The number of rotatable bonds is 3. The van der Waals surface area contributed by atoms with Crippen molar-refractivity contribution in [3.63, 3.8) is 0 Å². The summed E-state index contributed by atoms with van der Waals surface area (Å²) in [4.78, 5) is 24.5. The maximum Gasteiger partial charge on any atom is 0.271 e. The SMILES string of the molecule is COc1cccc([C@@H]2CNC(=O)c3nc(-c4nccn4C)[nH]c3C2)c1. The number of nitrogens with one attached hydrogen (secondary N) is 2. The molecule has 0 saturated carbocycles. The highest BCUT2D eigenvalue weighted by atomic mass is 16.5. The number of ether oxygens (including phenoxy) is 1. The number of fused-ring (bicyclic) bond motifs is 1. The zero-order valence-electron chi connectivity index (χ0n) is 14.1. The quantitative estimate of drug-likeness (QED) is 0.764. The smallest absolute Gasteiger partial charge is 0.271 e. The molecular formula is C18H19N5O2. The normalized spacial score (nSPS) is 16.9. The van der Waals surface area contributed by atoms with Crippen LogP contribution in [0.25, 0.3) is 11.6 Å². The summed E-state index contributed by atoms with van der Waals surface area (Å²) in [5.74, 6) is 2.12. The highest BCUT2D eigenvalue weighted by Crippen LogP contribution is 2.28. The Balaban J connectivity index is 1.70. The number of aromatic amines is 1. The first kappa shape index (κ1) is 15.4. The Morgan fingerprint density at radius 3 is 3.00 bits per heavy atom. The molecule has 3 aromatic rings. The number of benzene rings is 1. The first-order valence-electron chi connectivity index (χ1n) is 8.14. The van der Waals surface area contributed by atoms with E-state index in [1.807, 2.05) is 36.0 Å². The fraction of sp³-hybridized carbons (Fsp3) is 0.278. The van der Waals surface area contributed by atoms with Crippen LogP contribution in [-0.2, 0) is 13.5 Å². The average molecular weight is 337 g/mol. The summed E-state index contributed by atoms with van der Waals surface area (Å²) >= 11 is 0. The van der Waals surface area contributed by atoms with E-state index in [1.165, 1.54) is 0 Å². The second kappa shape index (κ2) is 6.08. The van der Waals surface area contributed by atoms with E-state index in [9.17, 15) is 4.79 Å². The van der Waals surface area contributed by atoms with Gasteiger partial charge in [0.05, 0.1) is 7.11 Å². The standard InChI is InChI=1S/C18H19N5O2/c1-23-7-6-19-17(23)16-21-14-9-12(10-20-18(24)15(14)22-16)11-4-3-5-13(8-11)25-2/h3-8,12H,9-10H2,1-2H3,(H,20,24)(H,21,22)/t12-/m0/s1. The van der Waals surface area contributed by atoms with Gasteiger partial charge in [0.15, 0.2) is 11.6 Å². The van der Waals surface area contributed by atoms with Crippen LogP contribution >= 0.6 is 0 Å². The topological polar surface area (TPSA) is 84.8 Å². The van der Waals surface area contributed by atoms with Crippen molar-refractivity contribution in [3.05, 3.63) is 53.6 Å². The van der Waals surface area contributed by atoms with Crippen molar-refractivity contribution in [1.29, 1.82) is 0 Å². The first-order valence-corrected chi connectivity index (χ1v) is 8.14. The Kier molecular flexibility index (Phi) is 3.76. The van der Waals surface area contributed by atoms with E-state index < -0.39 is 0 Å². The molecule has 7 nitrogen and oxygen atoms in total. The van der Waals surface area contributed by atoms with E-state index in [1.54, 1.807) is 13.3 Å². The number of hydrogen-bond donors (Lipinski definition) is 2. The Hall–Kier alpha value is -3.09. The number of amides is 1. The van der Waals surface area contributed by atoms with Crippen molar-refractivity contribution in [3.8, 4) is 17.4 Å². The lowest BCUT2D eigenvalue weighted by Crippen LogP contribution is -2.26. The molecule has 0 unspecified atom stereocenters. The molecule has 0 spiro atoms. The minimum Gasteiger partial charge on any atom is -0.497 e. The van der Waals surface area contributed by atoms with Gasteiger partial charge in [-0.1, -0.05) is 12.1 Å². The molecule has 0 aliphatic carbocycles. The highest BCUT2D eigenvalue weighted by molar-refractivity contribution is 5.94. The van der Waals surface area contributed by atoms with Gasteiger partial charge in [0.25, 0.3) is 5.91 Å². The summed E-state index contributed by atoms with van der Waals surface area (Å²) in [7, 11) is 3.55. The minimum atomic E-state index is -0.155. The van der Waals surface area contributed by atoms with Crippen molar-refractivity contribution in [1.82, 2.24) is 24.8 Å². The predicted molar refractivity (Wildman–Crippen MR) is 92.6 cm³/mol. The molecule has 4 rings (SSSR count). The number of nitrogens with zero attached hydrogens (tertiary/aromatic N) is 3. The van der Waals surface area contributed by atoms with Gasteiger partial charge in [0, 0.05) is 37.6 Å². The van der Waals surface area contributed by atoms with Crippen LogP contribution in [0, 0.1) is 0 Å². The van der Waals surface area contributed by atoms with Gasteiger partial charge in [-0.25, -0.2) is 9.97 Å². The molecule has 2 aromatic heterocycles. The van der Waals surface area contributed by atoms with Gasteiger partial charge in [0.1, 0.15) is 11.4 Å². The molecule has 128 valence electrons.